The van der Waals surface area contributed by atoms with Crippen molar-refractivity contribution in [3.05, 3.63) is 54.1 Å². The summed E-state index contributed by atoms with van der Waals surface area (Å²) in [5, 5.41) is 3.36. The van der Waals surface area contributed by atoms with Gasteiger partial charge in [-0.2, -0.15) is 0 Å². The summed E-state index contributed by atoms with van der Waals surface area (Å²) in [6.07, 6.45) is 0. The van der Waals surface area contributed by atoms with Crippen LogP contribution in [-0.2, 0) is 0 Å². The number of anilines is 2. The standard InChI is InChI=1S/C15H16N4/c1-10(11-6-8-12(16)9-7-11)17-15-18-13-4-2-3-5-14(13)19-15/h2-10H,16H2,1H3,(H2,17,18,19). The summed E-state index contributed by atoms with van der Waals surface area (Å²) in [6, 6.07) is 16.0. The van der Waals surface area contributed by atoms with Gasteiger partial charge in [0.05, 0.1) is 17.1 Å². The molecule has 96 valence electrons. The lowest BCUT2D eigenvalue weighted by Gasteiger charge is -2.13. The Hall–Kier alpha value is -2.49. The van der Waals surface area contributed by atoms with Gasteiger partial charge in [0.15, 0.2) is 0 Å². The van der Waals surface area contributed by atoms with Gasteiger partial charge in [-0.05, 0) is 36.8 Å². The maximum atomic E-state index is 5.69. The Balaban J connectivity index is 1.82. The quantitative estimate of drug-likeness (QED) is 0.626. The number of benzene rings is 2. The number of nitrogen functional groups attached to an aromatic ring is 1. The second-order valence-corrected chi connectivity index (χ2v) is 4.64. The molecule has 0 saturated carbocycles. The first-order valence-corrected chi connectivity index (χ1v) is 6.29. The molecule has 0 bridgehead atoms. The largest absolute Gasteiger partial charge is 0.399 e. The van der Waals surface area contributed by atoms with Crippen molar-refractivity contribution < 1.29 is 0 Å². The van der Waals surface area contributed by atoms with E-state index < -0.39 is 0 Å². The third-order valence-corrected chi connectivity index (χ3v) is 3.18. The van der Waals surface area contributed by atoms with E-state index in [1.165, 1.54) is 5.56 Å². The van der Waals surface area contributed by atoms with E-state index in [0.717, 1.165) is 22.7 Å². The highest BCUT2D eigenvalue weighted by Gasteiger charge is 2.08. The van der Waals surface area contributed by atoms with Crippen molar-refractivity contribution in [2.75, 3.05) is 11.1 Å². The molecule has 2 aromatic carbocycles. The van der Waals surface area contributed by atoms with Crippen molar-refractivity contribution in [1.82, 2.24) is 9.97 Å². The minimum absolute atomic E-state index is 0.168. The topological polar surface area (TPSA) is 66.7 Å². The molecule has 19 heavy (non-hydrogen) atoms. The van der Waals surface area contributed by atoms with E-state index in [-0.39, 0.29) is 6.04 Å². The number of para-hydroxylation sites is 2. The van der Waals surface area contributed by atoms with Crippen molar-refractivity contribution in [3.63, 3.8) is 0 Å². The fraction of sp³-hybridized carbons (Fsp3) is 0.133. The number of aromatic nitrogens is 2. The normalized spacial score (nSPS) is 12.5. The van der Waals surface area contributed by atoms with Crippen LogP contribution in [-0.4, -0.2) is 9.97 Å². The number of nitrogens with zero attached hydrogens (tertiary/aromatic N) is 1. The molecule has 1 aromatic heterocycles. The minimum atomic E-state index is 0.168. The summed E-state index contributed by atoms with van der Waals surface area (Å²) in [4.78, 5) is 7.77. The highest BCUT2D eigenvalue weighted by molar-refractivity contribution is 5.77. The van der Waals surface area contributed by atoms with Gasteiger partial charge in [-0.1, -0.05) is 24.3 Å². The Morgan fingerprint density at radius 1 is 1.11 bits per heavy atom. The van der Waals surface area contributed by atoms with Crippen LogP contribution in [0.1, 0.15) is 18.5 Å². The number of fused-ring (bicyclic) bond motifs is 1. The molecule has 4 nitrogen and oxygen atoms in total. The number of aromatic amines is 1. The van der Waals surface area contributed by atoms with Gasteiger partial charge in [-0.15, -0.1) is 0 Å². The van der Waals surface area contributed by atoms with Crippen LogP contribution in [0.2, 0.25) is 0 Å². The number of nitrogens with two attached hydrogens (primary N) is 1. The fourth-order valence-corrected chi connectivity index (χ4v) is 2.09. The minimum Gasteiger partial charge on any atom is -0.399 e. The van der Waals surface area contributed by atoms with E-state index in [0.29, 0.717) is 0 Å². The SMILES string of the molecule is CC(Nc1nc2ccccc2[nH]1)c1ccc(N)cc1. The van der Waals surface area contributed by atoms with Crippen LogP contribution in [0.25, 0.3) is 11.0 Å². The molecule has 1 heterocycles. The van der Waals surface area contributed by atoms with E-state index in [1.54, 1.807) is 0 Å². The fourth-order valence-electron chi connectivity index (χ4n) is 2.09. The van der Waals surface area contributed by atoms with Gasteiger partial charge in [0.25, 0.3) is 0 Å². The number of H-pyrrole nitrogens is 1. The first-order chi connectivity index (χ1) is 9.22. The zero-order valence-electron chi connectivity index (χ0n) is 10.7. The lowest BCUT2D eigenvalue weighted by atomic mass is 10.1. The number of rotatable bonds is 3. The summed E-state index contributed by atoms with van der Waals surface area (Å²) >= 11 is 0. The van der Waals surface area contributed by atoms with Crippen LogP contribution in [0.5, 0.6) is 0 Å². The van der Waals surface area contributed by atoms with Crippen LogP contribution >= 0.6 is 0 Å². The Morgan fingerprint density at radius 3 is 2.58 bits per heavy atom. The third-order valence-electron chi connectivity index (χ3n) is 3.18. The van der Waals surface area contributed by atoms with Crippen molar-refractivity contribution in [1.29, 1.82) is 0 Å². The highest BCUT2D eigenvalue weighted by Crippen LogP contribution is 2.20. The summed E-state index contributed by atoms with van der Waals surface area (Å²) in [7, 11) is 0. The number of nitrogens with one attached hydrogen (secondary N) is 2. The molecule has 3 rings (SSSR count). The van der Waals surface area contributed by atoms with Crippen LogP contribution in [0.4, 0.5) is 11.6 Å². The molecule has 0 amide bonds. The van der Waals surface area contributed by atoms with Gasteiger partial charge in [-0.25, -0.2) is 4.98 Å². The van der Waals surface area contributed by atoms with Gasteiger partial charge < -0.3 is 16.0 Å². The molecule has 1 atom stereocenters. The third kappa shape index (κ3) is 2.38. The summed E-state index contributed by atoms with van der Waals surface area (Å²) in [6.45, 7) is 2.10. The van der Waals surface area contributed by atoms with Gasteiger partial charge >= 0.3 is 0 Å². The van der Waals surface area contributed by atoms with Crippen LogP contribution in [0.3, 0.4) is 0 Å². The first kappa shape index (κ1) is 11.6. The smallest absolute Gasteiger partial charge is 0.201 e. The molecule has 0 aliphatic rings. The monoisotopic (exact) mass is 252 g/mol. The molecule has 0 saturated heterocycles. The number of hydrogen-bond acceptors (Lipinski definition) is 3. The van der Waals surface area contributed by atoms with Crippen LogP contribution in [0.15, 0.2) is 48.5 Å². The molecular formula is C15H16N4. The second kappa shape index (κ2) is 4.65. The Labute approximate surface area is 111 Å². The lowest BCUT2D eigenvalue weighted by Crippen LogP contribution is -2.07. The highest BCUT2D eigenvalue weighted by atomic mass is 15.1. The van der Waals surface area contributed by atoms with E-state index in [4.69, 9.17) is 5.73 Å². The van der Waals surface area contributed by atoms with Crippen molar-refractivity contribution in [2.45, 2.75) is 13.0 Å². The molecule has 4 heteroatoms. The first-order valence-electron chi connectivity index (χ1n) is 6.29. The summed E-state index contributed by atoms with van der Waals surface area (Å²) in [5.74, 6) is 0.783. The van der Waals surface area contributed by atoms with Crippen molar-refractivity contribution >= 4 is 22.7 Å². The molecule has 3 aromatic rings. The molecule has 0 fully saturated rings. The van der Waals surface area contributed by atoms with Crippen molar-refractivity contribution in [2.24, 2.45) is 0 Å². The van der Waals surface area contributed by atoms with Gasteiger partial charge in [0, 0.05) is 5.69 Å². The van der Waals surface area contributed by atoms with E-state index in [9.17, 15) is 0 Å². The number of hydrogen-bond donors (Lipinski definition) is 3. The Kier molecular flexibility index (Phi) is 2.83. The predicted molar refractivity (Wildman–Crippen MR) is 79.0 cm³/mol. The predicted octanol–water partition coefficient (Wildman–Crippen LogP) is 3.32. The second-order valence-electron chi connectivity index (χ2n) is 4.64. The van der Waals surface area contributed by atoms with Crippen LogP contribution < -0.4 is 11.1 Å². The van der Waals surface area contributed by atoms with E-state index >= 15 is 0 Å². The maximum absolute atomic E-state index is 5.69. The van der Waals surface area contributed by atoms with E-state index in [1.807, 2.05) is 48.5 Å². The lowest BCUT2D eigenvalue weighted by molar-refractivity contribution is 0.869. The summed E-state index contributed by atoms with van der Waals surface area (Å²) in [5.41, 5.74) is 9.65. The molecule has 0 spiro atoms. The van der Waals surface area contributed by atoms with Crippen molar-refractivity contribution in [3.8, 4) is 0 Å². The Morgan fingerprint density at radius 2 is 1.84 bits per heavy atom. The van der Waals surface area contributed by atoms with Gasteiger partial charge in [0.2, 0.25) is 5.95 Å². The average Bonchev–Trinajstić information content (AvgIpc) is 2.81. The molecule has 0 aliphatic heterocycles. The molecule has 4 N–H and O–H groups in total. The Bertz CT molecular complexity index is 652. The zero-order valence-corrected chi connectivity index (χ0v) is 10.7. The summed E-state index contributed by atoms with van der Waals surface area (Å²) < 4.78 is 0. The maximum Gasteiger partial charge on any atom is 0.201 e. The average molecular weight is 252 g/mol. The molecule has 0 aliphatic carbocycles. The molecule has 1 unspecified atom stereocenters. The molecule has 0 radical (unpaired) electrons. The van der Waals surface area contributed by atoms with E-state index in [2.05, 4.69) is 22.2 Å². The van der Waals surface area contributed by atoms with Gasteiger partial charge in [-0.3, -0.25) is 0 Å². The molecular weight excluding hydrogens is 236 g/mol. The number of imidazole rings is 1. The van der Waals surface area contributed by atoms with Crippen LogP contribution in [0, 0.1) is 0 Å². The van der Waals surface area contributed by atoms with Gasteiger partial charge in [0.1, 0.15) is 0 Å². The zero-order chi connectivity index (χ0) is 13.2.